The SMILES string of the molecule is Cc1ccc(NC(=O)NC(=O)Cn2cnc3c(cnn3-c3ccccc3)c2=O)c(C)c1. The average molecular weight is 416 g/mol. The first-order valence-electron chi connectivity index (χ1n) is 9.59. The zero-order valence-electron chi connectivity index (χ0n) is 17.0. The first kappa shape index (κ1) is 20.0. The predicted molar refractivity (Wildman–Crippen MR) is 116 cm³/mol. The first-order chi connectivity index (χ1) is 14.9. The van der Waals surface area contributed by atoms with Crippen LogP contribution in [0.4, 0.5) is 10.5 Å². The average Bonchev–Trinajstić information content (AvgIpc) is 3.18. The molecule has 0 radical (unpaired) electrons. The van der Waals surface area contributed by atoms with Crippen molar-refractivity contribution in [2.24, 2.45) is 0 Å². The standard InChI is InChI=1S/C22H20N6O3/c1-14-8-9-18(15(2)10-14)25-22(31)26-19(29)12-27-13-23-20-17(21(27)30)11-24-28(20)16-6-4-3-5-7-16/h3-11,13H,12H2,1-2H3,(H2,25,26,29,31). The smallest absolute Gasteiger partial charge is 0.307 e. The van der Waals surface area contributed by atoms with E-state index in [1.54, 1.807) is 10.7 Å². The van der Waals surface area contributed by atoms with Crippen molar-refractivity contribution < 1.29 is 9.59 Å². The van der Waals surface area contributed by atoms with Crippen LogP contribution in [0.5, 0.6) is 0 Å². The van der Waals surface area contributed by atoms with E-state index in [-0.39, 0.29) is 11.9 Å². The number of urea groups is 1. The highest BCUT2D eigenvalue weighted by molar-refractivity contribution is 6.01. The quantitative estimate of drug-likeness (QED) is 0.531. The number of nitrogens with one attached hydrogen (secondary N) is 2. The number of benzene rings is 2. The van der Waals surface area contributed by atoms with Crippen molar-refractivity contribution in [1.82, 2.24) is 24.6 Å². The lowest BCUT2D eigenvalue weighted by Crippen LogP contribution is -2.38. The monoisotopic (exact) mass is 416 g/mol. The third-order valence-corrected chi connectivity index (χ3v) is 4.75. The van der Waals surface area contributed by atoms with Crippen LogP contribution >= 0.6 is 0 Å². The van der Waals surface area contributed by atoms with Gasteiger partial charge >= 0.3 is 6.03 Å². The van der Waals surface area contributed by atoms with E-state index in [9.17, 15) is 14.4 Å². The fourth-order valence-corrected chi connectivity index (χ4v) is 3.25. The third kappa shape index (κ3) is 4.20. The third-order valence-electron chi connectivity index (χ3n) is 4.75. The summed E-state index contributed by atoms with van der Waals surface area (Å²) >= 11 is 0. The lowest BCUT2D eigenvalue weighted by atomic mass is 10.1. The largest absolute Gasteiger partial charge is 0.325 e. The van der Waals surface area contributed by atoms with Gasteiger partial charge in [-0.2, -0.15) is 5.10 Å². The van der Waals surface area contributed by atoms with Crippen molar-refractivity contribution in [2.75, 3.05) is 5.32 Å². The Labute approximate surface area is 177 Å². The number of aromatic nitrogens is 4. The number of para-hydroxylation sites is 1. The number of hydrogen-bond donors (Lipinski definition) is 2. The Morgan fingerprint density at radius 2 is 1.84 bits per heavy atom. The minimum atomic E-state index is -0.670. The Kier molecular flexibility index (Phi) is 5.31. The van der Waals surface area contributed by atoms with E-state index in [0.29, 0.717) is 11.3 Å². The van der Waals surface area contributed by atoms with Gasteiger partial charge in [-0.3, -0.25) is 19.5 Å². The molecule has 156 valence electrons. The second kappa shape index (κ2) is 8.23. The molecule has 2 heterocycles. The van der Waals surface area contributed by atoms with Gasteiger partial charge in [-0.1, -0.05) is 35.9 Å². The predicted octanol–water partition coefficient (Wildman–Crippen LogP) is 2.55. The molecule has 2 aromatic heterocycles. The number of carbonyl (C=O) groups is 2. The van der Waals surface area contributed by atoms with Crippen molar-refractivity contribution >= 4 is 28.7 Å². The highest BCUT2D eigenvalue weighted by atomic mass is 16.2. The molecule has 2 aromatic carbocycles. The topological polar surface area (TPSA) is 111 Å². The van der Waals surface area contributed by atoms with Gasteiger partial charge in [0.2, 0.25) is 5.91 Å². The van der Waals surface area contributed by atoms with E-state index in [0.717, 1.165) is 21.4 Å². The number of aryl methyl sites for hydroxylation is 2. The molecule has 0 fully saturated rings. The number of anilines is 1. The molecular weight excluding hydrogens is 396 g/mol. The zero-order valence-corrected chi connectivity index (χ0v) is 17.0. The normalized spacial score (nSPS) is 10.8. The van der Waals surface area contributed by atoms with Crippen LogP contribution in [0, 0.1) is 13.8 Å². The van der Waals surface area contributed by atoms with Crippen molar-refractivity contribution in [3.05, 3.63) is 82.5 Å². The Hall–Kier alpha value is -4.27. The van der Waals surface area contributed by atoms with Crippen LogP contribution in [0.15, 0.2) is 65.8 Å². The molecule has 0 saturated carbocycles. The molecule has 0 aliphatic carbocycles. The van der Waals surface area contributed by atoms with Crippen LogP contribution in [0.3, 0.4) is 0 Å². The second-order valence-corrected chi connectivity index (χ2v) is 7.13. The van der Waals surface area contributed by atoms with Gasteiger partial charge in [0.15, 0.2) is 5.65 Å². The van der Waals surface area contributed by atoms with Crippen LogP contribution in [0.25, 0.3) is 16.7 Å². The molecule has 0 atom stereocenters. The highest BCUT2D eigenvalue weighted by Crippen LogP contribution is 2.16. The Morgan fingerprint density at radius 3 is 2.58 bits per heavy atom. The van der Waals surface area contributed by atoms with Crippen LogP contribution < -0.4 is 16.2 Å². The Morgan fingerprint density at radius 1 is 1.06 bits per heavy atom. The molecule has 31 heavy (non-hydrogen) atoms. The summed E-state index contributed by atoms with van der Waals surface area (Å²) in [5.41, 5.74) is 3.28. The molecule has 0 unspecified atom stereocenters. The first-order valence-corrected chi connectivity index (χ1v) is 9.59. The molecule has 0 spiro atoms. The molecule has 9 nitrogen and oxygen atoms in total. The van der Waals surface area contributed by atoms with Gasteiger partial charge in [-0.05, 0) is 37.6 Å². The molecule has 0 bridgehead atoms. The summed E-state index contributed by atoms with van der Waals surface area (Å²) in [6, 6.07) is 14.2. The molecule has 9 heteroatoms. The van der Waals surface area contributed by atoms with Gasteiger partial charge in [0, 0.05) is 5.69 Å². The van der Waals surface area contributed by atoms with E-state index in [1.807, 2.05) is 56.3 Å². The molecule has 0 aliphatic heterocycles. The van der Waals surface area contributed by atoms with Crippen LogP contribution in [0.2, 0.25) is 0 Å². The summed E-state index contributed by atoms with van der Waals surface area (Å²) in [6.07, 6.45) is 2.69. The summed E-state index contributed by atoms with van der Waals surface area (Å²) < 4.78 is 2.69. The van der Waals surface area contributed by atoms with Gasteiger partial charge in [0.05, 0.1) is 11.9 Å². The number of rotatable bonds is 4. The van der Waals surface area contributed by atoms with Gasteiger partial charge in [-0.25, -0.2) is 14.5 Å². The molecule has 2 N–H and O–H groups in total. The van der Waals surface area contributed by atoms with Gasteiger partial charge in [-0.15, -0.1) is 0 Å². The summed E-state index contributed by atoms with van der Waals surface area (Å²) in [4.78, 5) is 41.5. The molecule has 0 aliphatic rings. The zero-order chi connectivity index (χ0) is 22.0. The van der Waals surface area contributed by atoms with Crippen LogP contribution in [0.1, 0.15) is 11.1 Å². The van der Waals surface area contributed by atoms with E-state index < -0.39 is 17.5 Å². The van der Waals surface area contributed by atoms with Crippen molar-refractivity contribution in [2.45, 2.75) is 20.4 Å². The van der Waals surface area contributed by atoms with Crippen molar-refractivity contribution in [1.29, 1.82) is 0 Å². The van der Waals surface area contributed by atoms with Crippen molar-refractivity contribution in [3.63, 3.8) is 0 Å². The number of imide groups is 1. The maximum absolute atomic E-state index is 12.8. The van der Waals surface area contributed by atoms with Gasteiger partial charge < -0.3 is 5.32 Å². The van der Waals surface area contributed by atoms with E-state index in [1.165, 1.54) is 12.5 Å². The lowest BCUT2D eigenvalue weighted by molar-refractivity contribution is -0.120. The fraction of sp³-hybridized carbons (Fsp3) is 0.136. The lowest BCUT2D eigenvalue weighted by Gasteiger charge is -2.10. The molecule has 4 rings (SSSR count). The number of amides is 3. The maximum Gasteiger partial charge on any atom is 0.325 e. The second-order valence-electron chi connectivity index (χ2n) is 7.13. The van der Waals surface area contributed by atoms with Gasteiger partial charge in [0.1, 0.15) is 18.3 Å². The van der Waals surface area contributed by atoms with E-state index >= 15 is 0 Å². The molecule has 4 aromatic rings. The van der Waals surface area contributed by atoms with Crippen LogP contribution in [-0.4, -0.2) is 31.3 Å². The summed E-state index contributed by atoms with van der Waals surface area (Å²) in [5, 5.41) is 9.37. The minimum absolute atomic E-state index is 0.277. The molecule has 3 amide bonds. The molecular formula is C22H20N6O3. The number of nitrogens with zero attached hydrogens (tertiary/aromatic N) is 4. The van der Waals surface area contributed by atoms with E-state index in [2.05, 4.69) is 20.7 Å². The minimum Gasteiger partial charge on any atom is -0.307 e. The number of hydrogen-bond acceptors (Lipinski definition) is 5. The number of carbonyl (C=O) groups excluding carboxylic acids is 2. The maximum atomic E-state index is 12.8. The van der Waals surface area contributed by atoms with E-state index in [4.69, 9.17) is 0 Å². The van der Waals surface area contributed by atoms with Gasteiger partial charge in [0.25, 0.3) is 5.56 Å². The Bertz CT molecular complexity index is 1340. The molecule has 0 saturated heterocycles. The highest BCUT2D eigenvalue weighted by Gasteiger charge is 2.15. The number of fused-ring (bicyclic) bond motifs is 1. The summed E-state index contributed by atoms with van der Waals surface area (Å²) in [5.74, 6) is -0.638. The Balaban J connectivity index is 1.48. The van der Waals surface area contributed by atoms with Crippen molar-refractivity contribution in [3.8, 4) is 5.69 Å². The summed E-state index contributed by atoms with van der Waals surface area (Å²) in [7, 11) is 0. The van der Waals surface area contributed by atoms with Crippen LogP contribution in [-0.2, 0) is 11.3 Å². The fourth-order valence-electron chi connectivity index (χ4n) is 3.25. The summed E-state index contributed by atoms with van der Waals surface area (Å²) in [6.45, 7) is 3.46.